The van der Waals surface area contributed by atoms with E-state index in [-0.39, 0.29) is 24.4 Å². The summed E-state index contributed by atoms with van der Waals surface area (Å²) in [5, 5.41) is 12.5. The van der Waals surface area contributed by atoms with Crippen LogP contribution in [-0.4, -0.2) is 34.6 Å². The molecule has 0 saturated heterocycles. The highest BCUT2D eigenvalue weighted by atomic mass is 16.4. The Balaban J connectivity index is 1.75. The topological polar surface area (TPSA) is 123 Å². The number of rotatable bonds is 6. The van der Waals surface area contributed by atoms with E-state index in [9.17, 15) is 9.59 Å². The molecule has 4 N–H and O–H groups in total. The maximum atomic E-state index is 11.6. The van der Waals surface area contributed by atoms with Gasteiger partial charge in [0.2, 0.25) is 17.7 Å². The van der Waals surface area contributed by atoms with Gasteiger partial charge in [-0.1, -0.05) is 18.9 Å². The molecule has 0 bridgehead atoms. The van der Waals surface area contributed by atoms with Gasteiger partial charge in [-0.3, -0.25) is 14.9 Å². The first-order chi connectivity index (χ1) is 9.47. The van der Waals surface area contributed by atoms with Crippen molar-refractivity contribution in [3.63, 3.8) is 0 Å². The van der Waals surface area contributed by atoms with Crippen LogP contribution in [0.15, 0.2) is 4.42 Å². The second kappa shape index (κ2) is 6.00. The van der Waals surface area contributed by atoms with Crippen molar-refractivity contribution in [3.05, 3.63) is 5.89 Å². The van der Waals surface area contributed by atoms with Crippen LogP contribution in [0.3, 0.4) is 0 Å². The Kier molecular flexibility index (Phi) is 4.33. The second-order valence-electron chi connectivity index (χ2n) is 5.26. The molecule has 2 amide bonds. The molecule has 1 aromatic heterocycles. The minimum Gasteiger partial charge on any atom is -0.408 e. The predicted octanol–water partition coefficient (Wildman–Crippen LogP) is -0.0150. The van der Waals surface area contributed by atoms with Gasteiger partial charge in [-0.15, -0.1) is 5.10 Å². The van der Waals surface area contributed by atoms with E-state index in [0.717, 1.165) is 12.8 Å². The Morgan fingerprint density at radius 2 is 2.10 bits per heavy atom. The van der Waals surface area contributed by atoms with Crippen molar-refractivity contribution in [2.24, 2.45) is 11.7 Å². The molecule has 1 aliphatic carbocycles. The Morgan fingerprint density at radius 3 is 2.70 bits per heavy atom. The van der Waals surface area contributed by atoms with Crippen LogP contribution in [0.4, 0.5) is 6.01 Å². The van der Waals surface area contributed by atoms with Gasteiger partial charge in [0.1, 0.15) is 0 Å². The van der Waals surface area contributed by atoms with Gasteiger partial charge >= 0.3 is 6.01 Å². The molecule has 1 saturated carbocycles. The largest absolute Gasteiger partial charge is 0.408 e. The number of carbonyl (C=O) groups is 2. The molecule has 1 fully saturated rings. The van der Waals surface area contributed by atoms with E-state index in [0.29, 0.717) is 11.8 Å². The van der Waals surface area contributed by atoms with Crippen LogP contribution in [0, 0.1) is 5.92 Å². The lowest BCUT2D eigenvalue weighted by Crippen LogP contribution is -2.46. The Labute approximate surface area is 116 Å². The van der Waals surface area contributed by atoms with E-state index in [1.165, 1.54) is 0 Å². The van der Waals surface area contributed by atoms with E-state index in [4.69, 9.17) is 10.2 Å². The zero-order valence-corrected chi connectivity index (χ0v) is 11.5. The maximum absolute atomic E-state index is 11.6. The molecule has 20 heavy (non-hydrogen) atoms. The lowest BCUT2D eigenvalue weighted by Gasteiger charge is -2.14. The molecule has 0 unspecified atom stereocenters. The molecule has 0 radical (unpaired) electrons. The Morgan fingerprint density at radius 1 is 1.40 bits per heavy atom. The molecule has 1 aromatic rings. The molecule has 8 nitrogen and oxygen atoms in total. The van der Waals surface area contributed by atoms with Gasteiger partial charge in [0, 0.05) is 5.92 Å². The lowest BCUT2D eigenvalue weighted by molar-refractivity contribution is -0.125. The number of nitrogens with one attached hydrogen (secondary N) is 2. The molecule has 0 aliphatic heterocycles. The summed E-state index contributed by atoms with van der Waals surface area (Å²) in [4.78, 5) is 23.2. The summed E-state index contributed by atoms with van der Waals surface area (Å²) in [5.74, 6) is 0.0952. The number of nitrogens with two attached hydrogens (primary N) is 1. The standard InChI is InChI=1S/C12H19N5O3/c1-6(2)9(13)10(19)14-5-8(18)15-12-17-16-11(20-12)7-3-4-7/h6-7,9H,3-5,13H2,1-2H3,(H,14,19)(H,15,17,18)/t9-/m0/s1. The number of hydrogen-bond acceptors (Lipinski definition) is 6. The van der Waals surface area contributed by atoms with Gasteiger partial charge < -0.3 is 15.5 Å². The highest BCUT2D eigenvalue weighted by Gasteiger charge is 2.29. The second-order valence-corrected chi connectivity index (χ2v) is 5.26. The first-order valence-corrected chi connectivity index (χ1v) is 6.64. The van der Waals surface area contributed by atoms with Crippen molar-refractivity contribution < 1.29 is 14.0 Å². The first kappa shape index (κ1) is 14.4. The zero-order valence-electron chi connectivity index (χ0n) is 11.5. The van der Waals surface area contributed by atoms with Gasteiger partial charge in [0.15, 0.2) is 0 Å². The van der Waals surface area contributed by atoms with Crippen LogP contribution in [0.2, 0.25) is 0 Å². The molecule has 2 rings (SSSR count). The smallest absolute Gasteiger partial charge is 0.322 e. The van der Waals surface area contributed by atoms with Crippen molar-refractivity contribution in [2.45, 2.75) is 38.6 Å². The maximum Gasteiger partial charge on any atom is 0.322 e. The summed E-state index contributed by atoms with van der Waals surface area (Å²) in [6, 6.07) is -0.577. The van der Waals surface area contributed by atoms with Crippen molar-refractivity contribution in [1.29, 1.82) is 0 Å². The highest BCUT2D eigenvalue weighted by molar-refractivity contribution is 5.93. The van der Waals surface area contributed by atoms with Gasteiger partial charge in [-0.25, -0.2) is 0 Å². The van der Waals surface area contributed by atoms with Crippen molar-refractivity contribution >= 4 is 17.8 Å². The fourth-order valence-corrected chi connectivity index (χ4v) is 1.53. The molecule has 1 heterocycles. The summed E-state index contributed by atoms with van der Waals surface area (Å²) in [6.07, 6.45) is 2.08. The van der Waals surface area contributed by atoms with Crippen molar-refractivity contribution in [1.82, 2.24) is 15.5 Å². The van der Waals surface area contributed by atoms with Crippen LogP contribution in [0.25, 0.3) is 0 Å². The summed E-state index contributed by atoms with van der Waals surface area (Å²) < 4.78 is 5.28. The third kappa shape index (κ3) is 3.77. The van der Waals surface area contributed by atoms with E-state index in [1.807, 2.05) is 13.8 Å². The van der Waals surface area contributed by atoms with Gasteiger partial charge in [-0.05, 0) is 18.8 Å². The molecule has 8 heteroatoms. The fourth-order valence-electron chi connectivity index (χ4n) is 1.53. The number of aromatic nitrogens is 2. The molecule has 0 aromatic carbocycles. The van der Waals surface area contributed by atoms with E-state index >= 15 is 0 Å². The summed E-state index contributed by atoms with van der Waals surface area (Å²) in [7, 11) is 0. The average molecular weight is 281 g/mol. The summed E-state index contributed by atoms with van der Waals surface area (Å²) in [6.45, 7) is 3.49. The van der Waals surface area contributed by atoms with Crippen LogP contribution >= 0.6 is 0 Å². The Hall–Kier alpha value is -1.96. The third-order valence-electron chi connectivity index (χ3n) is 3.06. The van der Waals surface area contributed by atoms with Crippen LogP contribution < -0.4 is 16.4 Å². The molecule has 1 atom stereocenters. The number of carbonyl (C=O) groups excluding carboxylic acids is 2. The van der Waals surface area contributed by atoms with Crippen LogP contribution in [-0.2, 0) is 9.59 Å². The van der Waals surface area contributed by atoms with E-state index < -0.39 is 11.9 Å². The quantitative estimate of drug-likeness (QED) is 0.673. The normalized spacial score (nSPS) is 16.0. The molecular weight excluding hydrogens is 262 g/mol. The van der Waals surface area contributed by atoms with Gasteiger partial charge in [0.25, 0.3) is 0 Å². The lowest BCUT2D eigenvalue weighted by atomic mass is 10.1. The van der Waals surface area contributed by atoms with E-state index in [1.54, 1.807) is 0 Å². The predicted molar refractivity (Wildman–Crippen MR) is 70.7 cm³/mol. The molecule has 0 spiro atoms. The zero-order chi connectivity index (χ0) is 14.7. The number of amides is 2. The SMILES string of the molecule is CC(C)[C@H](N)C(=O)NCC(=O)Nc1nnc(C2CC2)o1. The minimum absolute atomic E-state index is 0.00935. The number of anilines is 1. The highest BCUT2D eigenvalue weighted by Crippen LogP contribution is 2.39. The number of hydrogen-bond donors (Lipinski definition) is 3. The summed E-state index contributed by atoms with van der Waals surface area (Å²) >= 11 is 0. The van der Waals surface area contributed by atoms with Crippen molar-refractivity contribution in [2.75, 3.05) is 11.9 Å². The number of nitrogens with zero attached hydrogens (tertiary/aromatic N) is 2. The average Bonchev–Trinajstić information content (AvgIpc) is 3.16. The molecule has 1 aliphatic rings. The fraction of sp³-hybridized carbons (Fsp3) is 0.667. The van der Waals surface area contributed by atoms with Crippen LogP contribution in [0.1, 0.15) is 38.5 Å². The minimum atomic E-state index is -0.632. The van der Waals surface area contributed by atoms with Crippen molar-refractivity contribution in [3.8, 4) is 0 Å². The molecule has 110 valence electrons. The van der Waals surface area contributed by atoms with Gasteiger partial charge in [0.05, 0.1) is 12.6 Å². The first-order valence-electron chi connectivity index (χ1n) is 6.64. The monoisotopic (exact) mass is 281 g/mol. The van der Waals surface area contributed by atoms with Gasteiger partial charge in [-0.2, -0.15) is 0 Å². The molecular formula is C12H19N5O3. The third-order valence-corrected chi connectivity index (χ3v) is 3.06. The Bertz CT molecular complexity index is 495. The van der Waals surface area contributed by atoms with E-state index in [2.05, 4.69) is 20.8 Å². The summed E-state index contributed by atoms with van der Waals surface area (Å²) in [5.41, 5.74) is 5.66. The van der Waals surface area contributed by atoms with Crippen LogP contribution in [0.5, 0.6) is 0 Å².